The third kappa shape index (κ3) is 4.34. The monoisotopic (exact) mass is 386 g/mol. The summed E-state index contributed by atoms with van der Waals surface area (Å²) < 4.78 is 6.02. The average Bonchev–Trinajstić information content (AvgIpc) is 2.75. The Kier molecular flexibility index (Phi) is 5.66. The molecule has 0 fully saturated rings. The van der Waals surface area contributed by atoms with Gasteiger partial charge in [-0.3, -0.25) is 4.79 Å². The van der Waals surface area contributed by atoms with Crippen molar-refractivity contribution in [1.29, 1.82) is 0 Å². The number of carboxylic acids is 1. The van der Waals surface area contributed by atoms with Crippen molar-refractivity contribution in [2.45, 2.75) is 32.1 Å². The van der Waals surface area contributed by atoms with Gasteiger partial charge in [-0.2, -0.15) is 0 Å². The van der Waals surface area contributed by atoms with E-state index >= 15 is 0 Å². The minimum absolute atomic E-state index is 0.428. The summed E-state index contributed by atoms with van der Waals surface area (Å²) in [5.74, 6) is 0.0279. The number of rotatable bonds is 6. The molecule has 0 bridgehead atoms. The lowest BCUT2D eigenvalue weighted by Crippen LogP contribution is -2.23. The maximum atomic E-state index is 11.4. The Morgan fingerprint density at radius 1 is 1.03 bits per heavy atom. The summed E-state index contributed by atoms with van der Waals surface area (Å²) in [5.41, 5.74) is 5.78. The minimum Gasteiger partial charge on any atom is -0.493 e. The van der Waals surface area contributed by atoms with Gasteiger partial charge in [-0.1, -0.05) is 73.7 Å². The van der Waals surface area contributed by atoms with E-state index in [-0.39, 0.29) is 0 Å². The van der Waals surface area contributed by atoms with Crippen molar-refractivity contribution in [3.8, 4) is 16.9 Å². The highest BCUT2D eigenvalue weighted by molar-refractivity contribution is 5.76. The average molecular weight is 386 g/mol. The first-order valence-corrected chi connectivity index (χ1v) is 10.3. The highest BCUT2D eigenvalue weighted by atomic mass is 16.5. The normalized spacial score (nSPS) is 16.5. The van der Waals surface area contributed by atoms with Gasteiger partial charge in [0.2, 0.25) is 0 Å². The molecule has 148 valence electrons. The molecule has 0 spiro atoms. The molecule has 0 aromatic heterocycles. The topological polar surface area (TPSA) is 46.5 Å². The van der Waals surface area contributed by atoms with Crippen molar-refractivity contribution in [1.82, 2.24) is 0 Å². The van der Waals surface area contributed by atoms with E-state index in [0.29, 0.717) is 18.9 Å². The Morgan fingerprint density at radius 3 is 2.45 bits per heavy atom. The lowest BCUT2D eigenvalue weighted by Gasteiger charge is -2.26. The number of ether oxygens (including phenoxy) is 1. The molecule has 3 aromatic rings. The van der Waals surface area contributed by atoms with Crippen LogP contribution in [0.5, 0.6) is 5.75 Å². The van der Waals surface area contributed by atoms with Gasteiger partial charge in [-0.15, -0.1) is 0 Å². The van der Waals surface area contributed by atoms with E-state index in [4.69, 9.17) is 4.74 Å². The summed E-state index contributed by atoms with van der Waals surface area (Å²) in [4.78, 5) is 11.4. The van der Waals surface area contributed by atoms with Crippen LogP contribution < -0.4 is 4.74 Å². The highest BCUT2D eigenvalue weighted by Gasteiger charge is 2.23. The van der Waals surface area contributed by atoms with Crippen LogP contribution in [0.4, 0.5) is 0 Å². The zero-order valence-electron chi connectivity index (χ0n) is 16.7. The molecule has 0 saturated heterocycles. The number of carboxylic acid groups (broad SMARTS) is 1. The summed E-state index contributed by atoms with van der Waals surface area (Å²) in [6.07, 6.45) is 2.51. The standard InChI is InChI=1S/C26H26O3/c1-2-24(26(27)28)22-12-13-23-15-19(17-29-25(23)16-22)14-18-8-10-21(11-9-18)20-6-4-3-5-7-20/h3-13,16,19,24H,2,14-15,17H2,1H3,(H,27,28). The van der Waals surface area contributed by atoms with Crippen LogP contribution in [0.15, 0.2) is 72.8 Å². The first kappa shape index (κ1) is 19.3. The van der Waals surface area contributed by atoms with Gasteiger partial charge in [0, 0.05) is 5.92 Å². The van der Waals surface area contributed by atoms with E-state index in [1.54, 1.807) is 0 Å². The van der Waals surface area contributed by atoms with Crippen molar-refractivity contribution in [3.05, 3.63) is 89.5 Å². The summed E-state index contributed by atoms with van der Waals surface area (Å²) in [6.45, 7) is 2.57. The van der Waals surface area contributed by atoms with Crippen molar-refractivity contribution in [2.75, 3.05) is 6.61 Å². The van der Waals surface area contributed by atoms with Crippen LogP contribution in [0.1, 0.15) is 36.0 Å². The van der Waals surface area contributed by atoms with E-state index in [1.165, 1.54) is 22.3 Å². The van der Waals surface area contributed by atoms with Crippen LogP contribution >= 0.6 is 0 Å². The van der Waals surface area contributed by atoms with Gasteiger partial charge in [0.1, 0.15) is 5.75 Å². The fraction of sp³-hybridized carbons (Fsp3) is 0.269. The minimum atomic E-state index is -0.778. The molecule has 0 radical (unpaired) electrons. The third-order valence-corrected chi connectivity index (χ3v) is 5.77. The second-order valence-corrected chi connectivity index (χ2v) is 7.81. The maximum absolute atomic E-state index is 11.4. The first-order chi connectivity index (χ1) is 14.1. The fourth-order valence-electron chi connectivity index (χ4n) is 4.15. The van der Waals surface area contributed by atoms with Crippen LogP contribution in [0.2, 0.25) is 0 Å². The molecule has 4 rings (SSSR count). The van der Waals surface area contributed by atoms with E-state index in [2.05, 4.69) is 48.5 Å². The Hall–Kier alpha value is -3.07. The Bertz CT molecular complexity index is 977. The highest BCUT2D eigenvalue weighted by Crippen LogP contribution is 2.33. The van der Waals surface area contributed by atoms with Gasteiger partial charge in [0.25, 0.3) is 0 Å². The number of carbonyl (C=O) groups is 1. The summed E-state index contributed by atoms with van der Waals surface area (Å²) in [7, 11) is 0. The zero-order valence-corrected chi connectivity index (χ0v) is 16.7. The van der Waals surface area contributed by atoms with E-state index < -0.39 is 11.9 Å². The number of aliphatic carboxylic acids is 1. The lowest BCUT2D eigenvalue weighted by atomic mass is 9.88. The molecule has 1 aliphatic heterocycles. The molecule has 1 heterocycles. The molecular weight excluding hydrogens is 360 g/mol. The Balaban J connectivity index is 1.43. The molecule has 0 saturated carbocycles. The quantitative estimate of drug-likeness (QED) is 0.589. The van der Waals surface area contributed by atoms with Crippen molar-refractivity contribution >= 4 is 5.97 Å². The maximum Gasteiger partial charge on any atom is 0.310 e. The van der Waals surface area contributed by atoms with Gasteiger partial charge < -0.3 is 9.84 Å². The SMILES string of the molecule is CCC(C(=O)O)c1ccc2c(c1)OCC(Cc1ccc(-c3ccccc3)cc1)C2. The molecular formula is C26H26O3. The van der Waals surface area contributed by atoms with Crippen LogP contribution in [-0.2, 0) is 17.6 Å². The fourth-order valence-corrected chi connectivity index (χ4v) is 4.15. The summed E-state index contributed by atoms with van der Waals surface area (Å²) in [5, 5.41) is 9.39. The van der Waals surface area contributed by atoms with Gasteiger partial charge in [0.15, 0.2) is 0 Å². The van der Waals surface area contributed by atoms with Crippen molar-refractivity contribution < 1.29 is 14.6 Å². The van der Waals surface area contributed by atoms with Gasteiger partial charge >= 0.3 is 5.97 Å². The largest absolute Gasteiger partial charge is 0.493 e. The second kappa shape index (κ2) is 8.52. The third-order valence-electron chi connectivity index (χ3n) is 5.77. The summed E-state index contributed by atoms with van der Waals surface area (Å²) >= 11 is 0. The van der Waals surface area contributed by atoms with E-state index in [9.17, 15) is 9.90 Å². The molecule has 1 N–H and O–H groups in total. The predicted molar refractivity (Wildman–Crippen MR) is 115 cm³/mol. The van der Waals surface area contributed by atoms with Crippen molar-refractivity contribution in [2.24, 2.45) is 5.92 Å². The smallest absolute Gasteiger partial charge is 0.310 e. The molecule has 0 amide bonds. The number of hydrogen-bond acceptors (Lipinski definition) is 2. The Labute approximate surface area is 172 Å². The zero-order chi connectivity index (χ0) is 20.2. The number of fused-ring (bicyclic) bond motifs is 1. The molecule has 2 atom stereocenters. The molecule has 3 aromatic carbocycles. The van der Waals surface area contributed by atoms with Crippen LogP contribution in [0, 0.1) is 5.92 Å². The molecule has 0 aliphatic carbocycles. The second-order valence-electron chi connectivity index (χ2n) is 7.81. The lowest BCUT2D eigenvalue weighted by molar-refractivity contribution is -0.138. The number of benzene rings is 3. The van der Waals surface area contributed by atoms with Gasteiger partial charge in [-0.05, 0) is 53.1 Å². The van der Waals surface area contributed by atoms with E-state index in [0.717, 1.165) is 24.2 Å². The molecule has 3 nitrogen and oxygen atoms in total. The summed E-state index contributed by atoms with van der Waals surface area (Å²) in [6, 6.07) is 25.1. The van der Waals surface area contributed by atoms with Crippen LogP contribution in [0.25, 0.3) is 11.1 Å². The number of hydrogen-bond donors (Lipinski definition) is 1. The van der Waals surface area contributed by atoms with Gasteiger partial charge in [-0.25, -0.2) is 0 Å². The molecule has 1 aliphatic rings. The van der Waals surface area contributed by atoms with Crippen molar-refractivity contribution in [3.63, 3.8) is 0 Å². The molecule has 3 heteroatoms. The van der Waals surface area contributed by atoms with E-state index in [1.807, 2.05) is 31.2 Å². The molecule has 2 unspecified atom stereocenters. The van der Waals surface area contributed by atoms with Crippen LogP contribution in [0.3, 0.4) is 0 Å². The molecule has 29 heavy (non-hydrogen) atoms. The Morgan fingerprint density at radius 2 is 1.76 bits per heavy atom. The first-order valence-electron chi connectivity index (χ1n) is 10.3. The van der Waals surface area contributed by atoms with Gasteiger partial charge in [0.05, 0.1) is 12.5 Å². The van der Waals surface area contributed by atoms with Crippen LogP contribution in [-0.4, -0.2) is 17.7 Å². The predicted octanol–water partition coefficient (Wildman–Crippen LogP) is 5.73.